The molecule has 1 fully saturated rings. The van der Waals surface area contributed by atoms with Gasteiger partial charge in [0.05, 0.1) is 0 Å². The first-order valence-corrected chi connectivity index (χ1v) is 10.4. The minimum atomic E-state index is -0.929. The summed E-state index contributed by atoms with van der Waals surface area (Å²) in [6, 6.07) is 8.76. The minimum Gasteiger partial charge on any atom is -0.454 e. The standard InChI is InChI=1S/C23H24F2N2O4/c24-18-6-3-16(10-19(18)25)12-26-22(28)8-4-15-2-1-9-27(13-15)23(29)17-5-7-20-21(11-17)31-14-30-20/h3,5-7,10-11,15H,1-2,4,8-9,12-14H2,(H,26,28)/t15-/m0/s1. The second-order valence-electron chi connectivity index (χ2n) is 7.89. The van der Waals surface area contributed by atoms with E-state index in [0.717, 1.165) is 25.0 Å². The van der Waals surface area contributed by atoms with Crippen LogP contribution in [-0.4, -0.2) is 36.6 Å². The third-order valence-corrected chi connectivity index (χ3v) is 5.68. The Kier molecular flexibility index (Phi) is 6.34. The molecule has 1 saturated heterocycles. The van der Waals surface area contributed by atoms with Gasteiger partial charge in [-0.05, 0) is 61.1 Å². The zero-order valence-electron chi connectivity index (χ0n) is 17.0. The highest BCUT2D eigenvalue weighted by Gasteiger charge is 2.26. The molecular formula is C23H24F2N2O4. The number of likely N-dealkylation sites (tertiary alicyclic amines) is 1. The van der Waals surface area contributed by atoms with Crippen molar-refractivity contribution in [1.29, 1.82) is 0 Å². The number of halogens is 2. The smallest absolute Gasteiger partial charge is 0.254 e. The van der Waals surface area contributed by atoms with Crippen molar-refractivity contribution < 1.29 is 27.8 Å². The molecule has 0 radical (unpaired) electrons. The number of piperidine rings is 1. The summed E-state index contributed by atoms with van der Waals surface area (Å²) < 4.78 is 36.9. The molecule has 2 aliphatic heterocycles. The van der Waals surface area contributed by atoms with Gasteiger partial charge in [0.1, 0.15) is 0 Å². The quantitative estimate of drug-likeness (QED) is 0.760. The maximum Gasteiger partial charge on any atom is 0.254 e. The highest BCUT2D eigenvalue weighted by molar-refractivity contribution is 5.95. The monoisotopic (exact) mass is 430 g/mol. The largest absolute Gasteiger partial charge is 0.454 e. The SMILES string of the molecule is O=C(CC[C@@H]1CCCN(C(=O)c2ccc3c(c2)OCO3)C1)NCc1ccc(F)c(F)c1. The van der Waals surface area contributed by atoms with Gasteiger partial charge >= 0.3 is 0 Å². The number of fused-ring (bicyclic) bond motifs is 1. The Labute approximate surface area is 179 Å². The van der Waals surface area contributed by atoms with E-state index >= 15 is 0 Å². The van der Waals surface area contributed by atoms with Crippen LogP contribution in [0.5, 0.6) is 11.5 Å². The zero-order valence-corrected chi connectivity index (χ0v) is 17.0. The number of rotatable bonds is 6. The topological polar surface area (TPSA) is 67.9 Å². The average Bonchev–Trinajstić information content (AvgIpc) is 3.26. The molecule has 6 nitrogen and oxygen atoms in total. The number of hydrogen-bond acceptors (Lipinski definition) is 4. The number of nitrogens with zero attached hydrogens (tertiary/aromatic N) is 1. The summed E-state index contributed by atoms with van der Waals surface area (Å²) in [5, 5.41) is 2.73. The van der Waals surface area contributed by atoms with Crippen molar-refractivity contribution in [2.75, 3.05) is 19.9 Å². The van der Waals surface area contributed by atoms with Gasteiger partial charge in [0.25, 0.3) is 5.91 Å². The van der Waals surface area contributed by atoms with E-state index in [0.29, 0.717) is 48.6 Å². The predicted molar refractivity (Wildman–Crippen MR) is 109 cm³/mol. The van der Waals surface area contributed by atoms with Crippen LogP contribution < -0.4 is 14.8 Å². The molecule has 0 saturated carbocycles. The summed E-state index contributed by atoms with van der Waals surface area (Å²) in [6.45, 7) is 1.60. The van der Waals surface area contributed by atoms with Gasteiger partial charge in [-0.1, -0.05) is 6.07 Å². The van der Waals surface area contributed by atoms with Crippen LogP contribution in [-0.2, 0) is 11.3 Å². The van der Waals surface area contributed by atoms with Crippen molar-refractivity contribution in [3.05, 3.63) is 59.2 Å². The molecule has 2 aromatic rings. The Bertz CT molecular complexity index is 982. The van der Waals surface area contributed by atoms with Gasteiger partial charge in [-0.25, -0.2) is 8.78 Å². The molecule has 0 spiro atoms. The lowest BCUT2D eigenvalue weighted by Crippen LogP contribution is -2.40. The number of nitrogens with one attached hydrogen (secondary N) is 1. The number of carbonyl (C=O) groups is 2. The van der Waals surface area contributed by atoms with Gasteiger partial charge < -0.3 is 19.7 Å². The summed E-state index contributed by atoms with van der Waals surface area (Å²) >= 11 is 0. The van der Waals surface area contributed by atoms with Crippen molar-refractivity contribution >= 4 is 11.8 Å². The summed E-state index contributed by atoms with van der Waals surface area (Å²) in [7, 11) is 0. The molecule has 2 amide bonds. The molecular weight excluding hydrogens is 406 g/mol. The molecule has 0 aliphatic carbocycles. The lowest BCUT2D eigenvalue weighted by Gasteiger charge is -2.33. The Morgan fingerprint density at radius 1 is 1.06 bits per heavy atom. The first kappa shape index (κ1) is 21.1. The lowest BCUT2D eigenvalue weighted by atomic mass is 9.92. The Balaban J connectivity index is 1.25. The number of benzene rings is 2. The molecule has 2 heterocycles. The first-order valence-electron chi connectivity index (χ1n) is 10.4. The van der Waals surface area contributed by atoms with E-state index < -0.39 is 11.6 Å². The molecule has 8 heteroatoms. The molecule has 0 bridgehead atoms. The van der Waals surface area contributed by atoms with Crippen LogP contribution in [0.25, 0.3) is 0 Å². The zero-order chi connectivity index (χ0) is 21.8. The van der Waals surface area contributed by atoms with Crippen molar-refractivity contribution in [3.8, 4) is 11.5 Å². The summed E-state index contributed by atoms with van der Waals surface area (Å²) in [5.74, 6) is -0.580. The van der Waals surface area contributed by atoms with Crippen molar-refractivity contribution in [1.82, 2.24) is 10.2 Å². The second kappa shape index (κ2) is 9.32. The van der Waals surface area contributed by atoms with Gasteiger partial charge in [-0.2, -0.15) is 0 Å². The molecule has 2 aliphatic rings. The Morgan fingerprint density at radius 2 is 1.90 bits per heavy atom. The first-order chi connectivity index (χ1) is 15.0. The lowest BCUT2D eigenvalue weighted by molar-refractivity contribution is -0.121. The fourth-order valence-electron chi connectivity index (χ4n) is 3.97. The number of ether oxygens (including phenoxy) is 2. The third kappa shape index (κ3) is 5.13. The molecule has 0 unspecified atom stereocenters. The van der Waals surface area contributed by atoms with E-state index in [9.17, 15) is 18.4 Å². The number of amides is 2. The molecule has 164 valence electrons. The van der Waals surface area contributed by atoms with Crippen LogP contribution in [0.15, 0.2) is 36.4 Å². The van der Waals surface area contributed by atoms with Gasteiger partial charge in [-0.15, -0.1) is 0 Å². The van der Waals surface area contributed by atoms with Crippen LogP contribution >= 0.6 is 0 Å². The minimum absolute atomic E-state index is 0.0502. The summed E-state index contributed by atoms with van der Waals surface area (Å²) in [5.41, 5.74) is 1.07. The van der Waals surface area contributed by atoms with Crippen molar-refractivity contribution in [3.63, 3.8) is 0 Å². The molecule has 1 N–H and O–H groups in total. The fraction of sp³-hybridized carbons (Fsp3) is 0.391. The highest BCUT2D eigenvalue weighted by Crippen LogP contribution is 2.33. The highest BCUT2D eigenvalue weighted by atomic mass is 19.2. The van der Waals surface area contributed by atoms with Crippen molar-refractivity contribution in [2.24, 2.45) is 5.92 Å². The predicted octanol–water partition coefficient (Wildman–Crippen LogP) is 3.64. The van der Waals surface area contributed by atoms with Crippen LogP contribution in [0, 0.1) is 17.6 Å². The van der Waals surface area contributed by atoms with Gasteiger partial charge in [-0.3, -0.25) is 9.59 Å². The van der Waals surface area contributed by atoms with Crippen LogP contribution in [0.2, 0.25) is 0 Å². The molecule has 0 aromatic heterocycles. The molecule has 4 rings (SSSR count). The van der Waals surface area contributed by atoms with E-state index in [2.05, 4.69) is 5.32 Å². The maximum atomic E-state index is 13.3. The van der Waals surface area contributed by atoms with E-state index in [1.165, 1.54) is 6.07 Å². The van der Waals surface area contributed by atoms with Crippen molar-refractivity contribution in [2.45, 2.75) is 32.2 Å². The average molecular weight is 430 g/mol. The number of carbonyl (C=O) groups excluding carboxylic acids is 2. The van der Waals surface area contributed by atoms with Crippen LogP contribution in [0.1, 0.15) is 41.6 Å². The number of hydrogen-bond donors (Lipinski definition) is 1. The summed E-state index contributed by atoms with van der Waals surface area (Å²) in [4.78, 5) is 26.9. The van der Waals surface area contributed by atoms with E-state index in [-0.39, 0.29) is 31.1 Å². The maximum absolute atomic E-state index is 13.3. The van der Waals surface area contributed by atoms with Crippen LogP contribution in [0.3, 0.4) is 0 Å². The normalized spacial score (nSPS) is 17.5. The van der Waals surface area contributed by atoms with Gasteiger partial charge in [0, 0.05) is 31.6 Å². The molecule has 31 heavy (non-hydrogen) atoms. The van der Waals surface area contributed by atoms with Crippen LogP contribution in [0.4, 0.5) is 8.78 Å². The fourth-order valence-corrected chi connectivity index (χ4v) is 3.97. The van der Waals surface area contributed by atoms with E-state index in [4.69, 9.17) is 9.47 Å². The molecule has 1 atom stereocenters. The van der Waals surface area contributed by atoms with Gasteiger partial charge in [0.15, 0.2) is 23.1 Å². The van der Waals surface area contributed by atoms with E-state index in [1.54, 1.807) is 18.2 Å². The molecule has 2 aromatic carbocycles. The third-order valence-electron chi connectivity index (χ3n) is 5.68. The second-order valence-corrected chi connectivity index (χ2v) is 7.89. The van der Waals surface area contributed by atoms with E-state index in [1.807, 2.05) is 4.90 Å². The Morgan fingerprint density at radius 3 is 2.74 bits per heavy atom. The van der Waals surface area contributed by atoms with Gasteiger partial charge in [0.2, 0.25) is 12.7 Å². The summed E-state index contributed by atoms with van der Waals surface area (Å²) in [6.07, 6.45) is 2.83. The Hall–Kier alpha value is -3.16.